The Labute approximate surface area is 55.6 Å². The van der Waals surface area contributed by atoms with Crippen LogP contribution in [0.15, 0.2) is 0 Å². The molecule has 0 unspecified atom stereocenters. The molecule has 2 saturated heterocycles. The fraction of sp³-hybridized carbons (Fsp3) is 1.00. The SMILES string of the molecule is C1C[C@H]2COC[C@H](C1)N2. The van der Waals surface area contributed by atoms with Crippen molar-refractivity contribution in [1.29, 1.82) is 0 Å². The average Bonchev–Trinajstić information content (AvgIpc) is 1.88. The Balaban J connectivity index is 1.96. The Kier molecular flexibility index (Phi) is 1.44. The Morgan fingerprint density at radius 2 is 1.78 bits per heavy atom. The van der Waals surface area contributed by atoms with Crippen LogP contribution < -0.4 is 5.32 Å². The van der Waals surface area contributed by atoms with Crippen LogP contribution in [0.2, 0.25) is 0 Å². The molecule has 0 aromatic heterocycles. The standard InChI is InChI=1S/C7H13NO/c1-2-6-4-9-5-7(3-1)8-6/h6-8H,1-5H2/t6-,7-/m0/s1. The van der Waals surface area contributed by atoms with Crippen molar-refractivity contribution < 1.29 is 4.74 Å². The summed E-state index contributed by atoms with van der Waals surface area (Å²) in [5.41, 5.74) is 0. The monoisotopic (exact) mass is 127 g/mol. The molecular weight excluding hydrogens is 114 g/mol. The van der Waals surface area contributed by atoms with Crippen molar-refractivity contribution in [3.05, 3.63) is 0 Å². The van der Waals surface area contributed by atoms with Crippen LogP contribution in [-0.4, -0.2) is 25.3 Å². The topological polar surface area (TPSA) is 21.3 Å². The molecule has 9 heavy (non-hydrogen) atoms. The van der Waals surface area contributed by atoms with Crippen LogP contribution in [0.1, 0.15) is 19.3 Å². The summed E-state index contributed by atoms with van der Waals surface area (Å²) < 4.78 is 5.37. The summed E-state index contributed by atoms with van der Waals surface area (Å²) in [5.74, 6) is 0. The van der Waals surface area contributed by atoms with E-state index >= 15 is 0 Å². The predicted molar refractivity (Wildman–Crippen MR) is 35.4 cm³/mol. The van der Waals surface area contributed by atoms with Gasteiger partial charge in [0.15, 0.2) is 0 Å². The third-order valence-electron chi connectivity index (χ3n) is 2.21. The summed E-state index contributed by atoms with van der Waals surface area (Å²) in [6.07, 6.45) is 4.03. The fourth-order valence-electron chi connectivity index (χ4n) is 1.73. The first kappa shape index (κ1) is 5.69. The first-order chi connectivity index (χ1) is 4.45. The molecule has 2 aliphatic rings. The third-order valence-corrected chi connectivity index (χ3v) is 2.21. The molecule has 0 saturated carbocycles. The molecule has 0 spiro atoms. The van der Waals surface area contributed by atoms with Gasteiger partial charge in [-0.3, -0.25) is 0 Å². The highest BCUT2D eigenvalue weighted by molar-refractivity contribution is 4.83. The van der Waals surface area contributed by atoms with Crippen molar-refractivity contribution in [3.8, 4) is 0 Å². The number of hydrogen-bond donors (Lipinski definition) is 1. The van der Waals surface area contributed by atoms with Crippen LogP contribution in [0.3, 0.4) is 0 Å². The van der Waals surface area contributed by atoms with E-state index in [0.717, 1.165) is 13.2 Å². The van der Waals surface area contributed by atoms with Crippen LogP contribution in [0, 0.1) is 0 Å². The minimum Gasteiger partial charge on any atom is -0.378 e. The van der Waals surface area contributed by atoms with Gasteiger partial charge in [-0.25, -0.2) is 0 Å². The van der Waals surface area contributed by atoms with Gasteiger partial charge in [-0.05, 0) is 12.8 Å². The summed E-state index contributed by atoms with van der Waals surface area (Å²) in [6, 6.07) is 1.36. The zero-order valence-electron chi connectivity index (χ0n) is 5.60. The van der Waals surface area contributed by atoms with E-state index in [0.29, 0.717) is 12.1 Å². The van der Waals surface area contributed by atoms with Crippen LogP contribution in [0.5, 0.6) is 0 Å². The molecule has 0 aromatic carbocycles. The molecule has 2 heteroatoms. The molecule has 0 aromatic rings. The van der Waals surface area contributed by atoms with Crippen LogP contribution in [-0.2, 0) is 4.74 Å². The molecule has 52 valence electrons. The molecule has 2 aliphatic heterocycles. The van der Waals surface area contributed by atoms with Gasteiger partial charge in [-0.15, -0.1) is 0 Å². The zero-order chi connectivity index (χ0) is 6.10. The Bertz CT molecular complexity index is 85.1. The van der Waals surface area contributed by atoms with E-state index in [-0.39, 0.29) is 0 Å². The molecule has 2 rings (SSSR count). The number of hydrogen-bond acceptors (Lipinski definition) is 2. The maximum atomic E-state index is 5.37. The quantitative estimate of drug-likeness (QED) is 0.512. The summed E-state index contributed by atoms with van der Waals surface area (Å²) in [7, 11) is 0. The lowest BCUT2D eigenvalue weighted by Gasteiger charge is -2.35. The molecule has 2 bridgehead atoms. The van der Waals surface area contributed by atoms with Gasteiger partial charge in [-0.1, -0.05) is 6.42 Å². The Morgan fingerprint density at radius 3 is 2.33 bits per heavy atom. The second-order valence-electron chi connectivity index (χ2n) is 3.03. The highest BCUT2D eigenvalue weighted by Gasteiger charge is 2.24. The predicted octanol–water partition coefficient (Wildman–Crippen LogP) is 0.527. The smallest absolute Gasteiger partial charge is 0.0620 e. The van der Waals surface area contributed by atoms with Gasteiger partial charge in [0.25, 0.3) is 0 Å². The van der Waals surface area contributed by atoms with Crippen molar-refractivity contribution in [1.82, 2.24) is 5.32 Å². The number of morpholine rings is 1. The molecular formula is C7H13NO. The third kappa shape index (κ3) is 1.10. The van der Waals surface area contributed by atoms with Crippen LogP contribution in [0.25, 0.3) is 0 Å². The minimum absolute atomic E-state index is 0.678. The average molecular weight is 127 g/mol. The van der Waals surface area contributed by atoms with Gasteiger partial charge in [0.2, 0.25) is 0 Å². The molecule has 0 aliphatic carbocycles. The molecule has 2 heterocycles. The number of ether oxygens (including phenoxy) is 1. The highest BCUT2D eigenvalue weighted by atomic mass is 16.5. The summed E-state index contributed by atoms with van der Waals surface area (Å²) >= 11 is 0. The number of fused-ring (bicyclic) bond motifs is 2. The van der Waals surface area contributed by atoms with Crippen molar-refractivity contribution in [2.24, 2.45) is 0 Å². The van der Waals surface area contributed by atoms with Gasteiger partial charge in [0.1, 0.15) is 0 Å². The van der Waals surface area contributed by atoms with E-state index in [9.17, 15) is 0 Å². The Hall–Kier alpha value is -0.0800. The van der Waals surface area contributed by atoms with Gasteiger partial charge in [0.05, 0.1) is 13.2 Å². The largest absolute Gasteiger partial charge is 0.378 e. The van der Waals surface area contributed by atoms with Crippen molar-refractivity contribution in [2.45, 2.75) is 31.3 Å². The lowest BCUT2D eigenvalue weighted by Crippen LogP contribution is -2.51. The maximum absolute atomic E-state index is 5.37. The first-order valence-electron chi connectivity index (χ1n) is 3.79. The van der Waals surface area contributed by atoms with E-state index in [4.69, 9.17) is 4.74 Å². The van der Waals surface area contributed by atoms with Crippen LogP contribution >= 0.6 is 0 Å². The first-order valence-corrected chi connectivity index (χ1v) is 3.79. The zero-order valence-corrected chi connectivity index (χ0v) is 5.60. The minimum atomic E-state index is 0.678. The number of nitrogens with one attached hydrogen (secondary N) is 1. The fourth-order valence-corrected chi connectivity index (χ4v) is 1.73. The second-order valence-corrected chi connectivity index (χ2v) is 3.03. The molecule has 1 N–H and O–H groups in total. The van der Waals surface area contributed by atoms with Gasteiger partial charge < -0.3 is 10.1 Å². The van der Waals surface area contributed by atoms with Crippen molar-refractivity contribution in [2.75, 3.05) is 13.2 Å². The van der Waals surface area contributed by atoms with E-state index in [1.165, 1.54) is 19.3 Å². The van der Waals surface area contributed by atoms with Crippen molar-refractivity contribution >= 4 is 0 Å². The second kappa shape index (κ2) is 2.27. The molecule has 2 atom stereocenters. The maximum Gasteiger partial charge on any atom is 0.0620 e. The number of piperidine rings is 1. The molecule has 0 amide bonds. The summed E-state index contributed by atoms with van der Waals surface area (Å²) in [6.45, 7) is 1.88. The van der Waals surface area contributed by atoms with Crippen LogP contribution in [0.4, 0.5) is 0 Å². The highest BCUT2D eigenvalue weighted by Crippen LogP contribution is 2.16. The summed E-state index contributed by atoms with van der Waals surface area (Å²) in [5, 5.41) is 3.53. The lowest BCUT2D eigenvalue weighted by atomic mass is 9.98. The van der Waals surface area contributed by atoms with Crippen molar-refractivity contribution in [3.63, 3.8) is 0 Å². The summed E-state index contributed by atoms with van der Waals surface area (Å²) in [4.78, 5) is 0. The Morgan fingerprint density at radius 1 is 1.11 bits per heavy atom. The van der Waals surface area contributed by atoms with E-state index < -0.39 is 0 Å². The van der Waals surface area contributed by atoms with Gasteiger partial charge in [-0.2, -0.15) is 0 Å². The van der Waals surface area contributed by atoms with Gasteiger partial charge in [0, 0.05) is 12.1 Å². The molecule has 2 fully saturated rings. The molecule has 2 nitrogen and oxygen atoms in total. The number of rotatable bonds is 0. The van der Waals surface area contributed by atoms with E-state index in [1.54, 1.807) is 0 Å². The van der Waals surface area contributed by atoms with E-state index in [2.05, 4.69) is 5.32 Å². The van der Waals surface area contributed by atoms with E-state index in [1.807, 2.05) is 0 Å². The van der Waals surface area contributed by atoms with Gasteiger partial charge >= 0.3 is 0 Å². The normalized spacial score (nSPS) is 42.7. The molecule has 0 radical (unpaired) electrons. The lowest BCUT2D eigenvalue weighted by molar-refractivity contribution is 0.0238.